The summed E-state index contributed by atoms with van der Waals surface area (Å²) < 4.78 is 13.8. The Bertz CT molecular complexity index is 649. The van der Waals surface area contributed by atoms with Crippen LogP contribution in [0.1, 0.15) is 24.0 Å². The van der Waals surface area contributed by atoms with Gasteiger partial charge in [-0.05, 0) is 36.1 Å². The second kappa shape index (κ2) is 8.79. The van der Waals surface area contributed by atoms with Crippen molar-refractivity contribution in [1.29, 1.82) is 0 Å². The van der Waals surface area contributed by atoms with Crippen LogP contribution in [-0.4, -0.2) is 17.1 Å². The molecule has 0 aliphatic heterocycles. The zero-order valence-corrected chi connectivity index (χ0v) is 14.2. The lowest BCUT2D eigenvalue weighted by molar-refractivity contribution is -0.137. The molecule has 0 aliphatic carbocycles. The third-order valence-corrected chi connectivity index (χ3v) is 4.37. The van der Waals surface area contributed by atoms with Crippen LogP contribution in [-0.2, 0) is 17.8 Å². The molecule has 0 fully saturated rings. The second-order valence-electron chi connectivity index (χ2n) is 5.44. The number of rotatable bonds is 8. The standard InChI is InChI=1S/C18H19BrFNO2/c19-17-11-15(20)7-6-14(17)12-21-16(8-9-18(22)23)10-13-4-2-1-3-5-13/h1-7,11,16,21H,8-10,12H2,(H,22,23). The van der Waals surface area contributed by atoms with Crippen LogP contribution in [0.3, 0.4) is 0 Å². The lowest BCUT2D eigenvalue weighted by Gasteiger charge is -2.19. The lowest BCUT2D eigenvalue weighted by Crippen LogP contribution is -2.31. The molecule has 0 amide bonds. The van der Waals surface area contributed by atoms with Crippen molar-refractivity contribution in [2.45, 2.75) is 31.8 Å². The first-order valence-corrected chi connectivity index (χ1v) is 8.27. The van der Waals surface area contributed by atoms with Crippen LogP contribution in [0.15, 0.2) is 53.0 Å². The van der Waals surface area contributed by atoms with Crippen LogP contribution in [0, 0.1) is 5.82 Å². The Morgan fingerprint density at radius 2 is 1.96 bits per heavy atom. The molecule has 1 atom stereocenters. The number of carboxylic acids is 1. The van der Waals surface area contributed by atoms with E-state index in [0.717, 1.165) is 17.5 Å². The number of carbonyl (C=O) groups is 1. The maximum Gasteiger partial charge on any atom is 0.303 e. The summed E-state index contributed by atoms with van der Waals surface area (Å²) in [5.74, 6) is -1.08. The van der Waals surface area contributed by atoms with E-state index in [1.807, 2.05) is 30.3 Å². The quantitative estimate of drug-likeness (QED) is 0.723. The third-order valence-electron chi connectivity index (χ3n) is 3.63. The van der Waals surface area contributed by atoms with Gasteiger partial charge in [-0.2, -0.15) is 0 Å². The highest BCUT2D eigenvalue weighted by molar-refractivity contribution is 9.10. The van der Waals surface area contributed by atoms with Crippen molar-refractivity contribution in [3.63, 3.8) is 0 Å². The van der Waals surface area contributed by atoms with Crippen molar-refractivity contribution in [3.05, 3.63) is 69.9 Å². The van der Waals surface area contributed by atoms with E-state index in [9.17, 15) is 9.18 Å². The van der Waals surface area contributed by atoms with Gasteiger partial charge in [0.2, 0.25) is 0 Å². The highest BCUT2D eigenvalue weighted by Gasteiger charge is 2.12. The van der Waals surface area contributed by atoms with Gasteiger partial charge in [-0.25, -0.2) is 4.39 Å². The summed E-state index contributed by atoms with van der Waals surface area (Å²) in [7, 11) is 0. The highest BCUT2D eigenvalue weighted by atomic mass is 79.9. The molecule has 0 saturated heterocycles. The molecule has 2 aromatic rings. The summed E-state index contributed by atoms with van der Waals surface area (Å²) in [6.07, 6.45) is 1.42. The first-order chi connectivity index (χ1) is 11.0. The molecule has 0 heterocycles. The number of hydrogen-bond donors (Lipinski definition) is 2. The fourth-order valence-electron chi connectivity index (χ4n) is 2.39. The number of aliphatic carboxylic acids is 1. The zero-order valence-electron chi connectivity index (χ0n) is 12.6. The van der Waals surface area contributed by atoms with E-state index in [-0.39, 0.29) is 18.3 Å². The SMILES string of the molecule is O=C(O)CCC(Cc1ccccc1)NCc1ccc(F)cc1Br. The van der Waals surface area contributed by atoms with Gasteiger partial charge in [0.25, 0.3) is 0 Å². The van der Waals surface area contributed by atoms with Crippen LogP contribution < -0.4 is 5.32 Å². The molecule has 2 rings (SSSR count). The van der Waals surface area contributed by atoms with Crippen molar-refractivity contribution in [2.75, 3.05) is 0 Å². The molecule has 0 aromatic heterocycles. The van der Waals surface area contributed by atoms with Gasteiger partial charge >= 0.3 is 5.97 Å². The van der Waals surface area contributed by atoms with E-state index in [1.54, 1.807) is 6.07 Å². The average Bonchev–Trinajstić information content (AvgIpc) is 2.52. The monoisotopic (exact) mass is 379 g/mol. The van der Waals surface area contributed by atoms with E-state index in [4.69, 9.17) is 5.11 Å². The first-order valence-electron chi connectivity index (χ1n) is 7.47. The number of halogens is 2. The van der Waals surface area contributed by atoms with Gasteiger partial charge < -0.3 is 10.4 Å². The summed E-state index contributed by atoms with van der Waals surface area (Å²) in [6.45, 7) is 0.554. The molecule has 3 nitrogen and oxygen atoms in total. The highest BCUT2D eigenvalue weighted by Crippen LogP contribution is 2.18. The van der Waals surface area contributed by atoms with E-state index < -0.39 is 5.97 Å². The zero-order chi connectivity index (χ0) is 16.7. The lowest BCUT2D eigenvalue weighted by atomic mass is 10.0. The summed E-state index contributed by atoms with van der Waals surface area (Å²) in [4.78, 5) is 10.8. The summed E-state index contributed by atoms with van der Waals surface area (Å²) >= 11 is 3.35. The predicted octanol–water partition coefficient (Wildman–Crippen LogP) is 4.15. The van der Waals surface area contributed by atoms with Crippen molar-refractivity contribution in [2.24, 2.45) is 0 Å². The molecule has 2 N–H and O–H groups in total. The Morgan fingerprint density at radius 1 is 1.22 bits per heavy atom. The Labute approximate surface area is 143 Å². The molecule has 0 radical (unpaired) electrons. The molecular formula is C18H19BrFNO2. The molecule has 0 saturated carbocycles. The van der Waals surface area contributed by atoms with Gasteiger partial charge in [-0.15, -0.1) is 0 Å². The minimum absolute atomic E-state index is 0.0467. The Hall–Kier alpha value is -1.72. The summed E-state index contributed by atoms with van der Waals surface area (Å²) in [6, 6.07) is 14.6. The number of carboxylic acid groups (broad SMARTS) is 1. The molecule has 5 heteroatoms. The Kier molecular flexibility index (Phi) is 6.74. The normalized spacial score (nSPS) is 12.1. The first kappa shape index (κ1) is 17.6. The van der Waals surface area contributed by atoms with Crippen LogP contribution in [0.25, 0.3) is 0 Å². The Balaban J connectivity index is 2.00. The van der Waals surface area contributed by atoms with Gasteiger partial charge in [-0.3, -0.25) is 4.79 Å². The number of hydrogen-bond acceptors (Lipinski definition) is 2. The smallest absolute Gasteiger partial charge is 0.303 e. The third kappa shape index (κ3) is 6.12. The van der Waals surface area contributed by atoms with Crippen molar-refractivity contribution >= 4 is 21.9 Å². The van der Waals surface area contributed by atoms with Gasteiger partial charge in [-0.1, -0.05) is 52.3 Å². The van der Waals surface area contributed by atoms with Crippen LogP contribution in [0.5, 0.6) is 0 Å². The van der Waals surface area contributed by atoms with Crippen molar-refractivity contribution in [1.82, 2.24) is 5.32 Å². The topological polar surface area (TPSA) is 49.3 Å². The molecule has 23 heavy (non-hydrogen) atoms. The molecular weight excluding hydrogens is 361 g/mol. The fourth-order valence-corrected chi connectivity index (χ4v) is 2.88. The van der Waals surface area contributed by atoms with Gasteiger partial charge in [0.15, 0.2) is 0 Å². The molecule has 0 spiro atoms. The molecule has 2 aromatic carbocycles. The van der Waals surface area contributed by atoms with E-state index in [2.05, 4.69) is 21.2 Å². The van der Waals surface area contributed by atoms with Gasteiger partial charge in [0.05, 0.1) is 0 Å². The van der Waals surface area contributed by atoms with Crippen molar-refractivity contribution < 1.29 is 14.3 Å². The number of benzene rings is 2. The average molecular weight is 380 g/mol. The Morgan fingerprint density at radius 3 is 2.61 bits per heavy atom. The molecule has 0 aliphatic rings. The fraction of sp³-hybridized carbons (Fsp3) is 0.278. The van der Waals surface area contributed by atoms with Crippen LogP contribution in [0.4, 0.5) is 4.39 Å². The largest absolute Gasteiger partial charge is 0.481 e. The van der Waals surface area contributed by atoms with Gasteiger partial charge in [0, 0.05) is 23.5 Å². The molecule has 0 bridgehead atoms. The minimum Gasteiger partial charge on any atom is -0.481 e. The summed E-state index contributed by atoms with van der Waals surface area (Å²) in [5, 5.41) is 12.3. The minimum atomic E-state index is -0.798. The molecule has 1 unspecified atom stereocenters. The van der Waals surface area contributed by atoms with Crippen molar-refractivity contribution in [3.8, 4) is 0 Å². The summed E-state index contributed by atoms with van der Waals surface area (Å²) in [5.41, 5.74) is 2.10. The van der Waals surface area contributed by atoms with Gasteiger partial charge in [0.1, 0.15) is 5.82 Å². The number of nitrogens with one attached hydrogen (secondary N) is 1. The second-order valence-corrected chi connectivity index (χ2v) is 6.29. The van der Waals surface area contributed by atoms with Crippen LogP contribution in [0.2, 0.25) is 0 Å². The maximum absolute atomic E-state index is 13.1. The van der Waals surface area contributed by atoms with E-state index in [0.29, 0.717) is 17.4 Å². The molecule has 122 valence electrons. The predicted molar refractivity (Wildman–Crippen MR) is 91.7 cm³/mol. The maximum atomic E-state index is 13.1. The van der Waals surface area contributed by atoms with Crippen LogP contribution >= 0.6 is 15.9 Å². The van der Waals surface area contributed by atoms with E-state index in [1.165, 1.54) is 12.1 Å². The van der Waals surface area contributed by atoms with E-state index >= 15 is 0 Å².